The number of pyridine rings is 1. The molecule has 11 heavy (non-hydrogen) atoms. The number of hydrogen-bond donors (Lipinski definition) is 1. The van der Waals surface area contributed by atoms with Gasteiger partial charge in [0.2, 0.25) is 0 Å². The average molecular weight is 232 g/mol. The normalized spacial score (nSPS) is 9.64. The fourth-order valence-electron chi connectivity index (χ4n) is 0.677. The quantitative estimate of drug-likeness (QED) is 0.806. The molecule has 0 fully saturated rings. The summed E-state index contributed by atoms with van der Waals surface area (Å²) >= 11 is 7.78. The smallest absolute Gasteiger partial charge is 0.117 e. The highest BCUT2D eigenvalue weighted by Gasteiger charge is 2.05. The van der Waals surface area contributed by atoms with Gasteiger partial charge in [-0.1, -0.05) is 0 Å². The number of hydrogen-bond acceptors (Lipinski definition) is 4. The maximum absolute atomic E-state index is 5.64. The van der Waals surface area contributed by atoms with Crippen LogP contribution in [0.25, 0.3) is 0 Å². The van der Waals surface area contributed by atoms with E-state index in [0.717, 1.165) is 10.2 Å². The molecule has 0 aromatic carbocycles. The molecule has 1 heterocycles. The monoisotopic (exact) mass is 231 g/mol. The maximum Gasteiger partial charge on any atom is 0.117 e. The summed E-state index contributed by atoms with van der Waals surface area (Å²) in [5, 5.41) is 0. The Labute approximate surface area is 78.3 Å². The van der Waals surface area contributed by atoms with Crippen molar-refractivity contribution in [3.05, 3.63) is 16.4 Å². The van der Waals surface area contributed by atoms with Crippen molar-refractivity contribution in [2.45, 2.75) is 6.92 Å². The van der Waals surface area contributed by atoms with Crippen LogP contribution in [0.4, 0.5) is 11.4 Å². The number of anilines is 1. The summed E-state index contributed by atoms with van der Waals surface area (Å²) in [5.41, 5.74) is 7.51. The van der Waals surface area contributed by atoms with Gasteiger partial charge in [0.05, 0.1) is 15.9 Å². The Morgan fingerprint density at radius 3 is 2.82 bits per heavy atom. The fourth-order valence-corrected chi connectivity index (χ4v) is 1.40. The number of halogens is 1. The lowest BCUT2D eigenvalue weighted by Crippen LogP contribution is -1.93. The third kappa shape index (κ3) is 1.54. The van der Waals surface area contributed by atoms with Crippen molar-refractivity contribution in [1.29, 1.82) is 0 Å². The first kappa shape index (κ1) is 8.55. The van der Waals surface area contributed by atoms with E-state index in [2.05, 4.69) is 37.7 Å². The van der Waals surface area contributed by atoms with Crippen molar-refractivity contribution in [2.75, 3.05) is 5.73 Å². The number of nitrogens with zero attached hydrogens (tertiary/aromatic N) is 2. The summed E-state index contributed by atoms with van der Waals surface area (Å²) in [4.78, 5) is 4.01. The second-order valence-corrected chi connectivity index (χ2v) is 3.08. The van der Waals surface area contributed by atoms with Gasteiger partial charge in [0.1, 0.15) is 5.69 Å². The molecule has 2 N–H and O–H groups in total. The minimum Gasteiger partial charge on any atom is -0.395 e. The number of aryl methyl sites for hydroxylation is 1. The van der Waals surface area contributed by atoms with Crippen LogP contribution >= 0.6 is 15.9 Å². The van der Waals surface area contributed by atoms with E-state index >= 15 is 0 Å². The van der Waals surface area contributed by atoms with Crippen LogP contribution in [0.5, 0.6) is 0 Å². The van der Waals surface area contributed by atoms with Crippen LogP contribution in [-0.4, -0.2) is 4.98 Å². The lowest BCUT2D eigenvalue weighted by atomic mass is 10.3. The molecule has 0 aliphatic heterocycles. The standard InChI is InChI=1S/C6H6BrN3S/c1-3-5(8)6(10-11)4(7)2-9-3/h2H,8H2,1H3. The Morgan fingerprint density at radius 1 is 1.73 bits per heavy atom. The van der Waals surface area contributed by atoms with E-state index in [9.17, 15) is 0 Å². The summed E-state index contributed by atoms with van der Waals surface area (Å²) in [6.07, 6.45) is 1.64. The van der Waals surface area contributed by atoms with Crippen LogP contribution in [0.1, 0.15) is 5.69 Å². The Morgan fingerprint density at radius 2 is 2.36 bits per heavy atom. The second-order valence-electron chi connectivity index (χ2n) is 2.05. The van der Waals surface area contributed by atoms with Crippen LogP contribution in [0, 0.1) is 6.92 Å². The van der Waals surface area contributed by atoms with Gasteiger partial charge in [-0.15, -0.1) is 0 Å². The van der Waals surface area contributed by atoms with E-state index in [1.165, 1.54) is 0 Å². The number of nitrogens with two attached hydrogens (primary N) is 1. The van der Waals surface area contributed by atoms with E-state index in [1.807, 2.05) is 6.92 Å². The summed E-state index contributed by atoms with van der Waals surface area (Å²) in [5.74, 6) is 0. The van der Waals surface area contributed by atoms with Gasteiger partial charge < -0.3 is 5.73 Å². The molecule has 0 aliphatic rings. The predicted molar refractivity (Wildman–Crippen MR) is 50.5 cm³/mol. The van der Waals surface area contributed by atoms with E-state index < -0.39 is 0 Å². The van der Waals surface area contributed by atoms with Crippen molar-refractivity contribution >= 4 is 39.7 Å². The molecule has 0 atom stereocenters. The van der Waals surface area contributed by atoms with E-state index in [4.69, 9.17) is 5.73 Å². The van der Waals surface area contributed by atoms with Crippen LogP contribution in [-0.2, 0) is 12.4 Å². The first-order valence-corrected chi connectivity index (χ1v) is 4.06. The van der Waals surface area contributed by atoms with Crippen LogP contribution in [0.3, 0.4) is 0 Å². The molecule has 3 nitrogen and oxygen atoms in total. The molecule has 0 aliphatic carbocycles. The molecular weight excluding hydrogens is 226 g/mol. The topological polar surface area (TPSA) is 51.3 Å². The molecule has 5 heteroatoms. The number of nitrogen functional groups attached to an aromatic ring is 1. The molecule has 1 rings (SSSR count). The Hall–Kier alpha value is -0.550. The highest BCUT2D eigenvalue weighted by atomic mass is 79.9. The molecular formula is C6H6BrN3S. The third-order valence-corrected chi connectivity index (χ3v) is 2.10. The highest BCUT2D eigenvalue weighted by Crippen LogP contribution is 2.31. The minimum absolute atomic E-state index is 0.536. The summed E-state index contributed by atoms with van der Waals surface area (Å²) in [6, 6.07) is 0. The van der Waals surface area contributed by atoms with Crippen LogP contribution < -0.4 is 5.73 Å². The lowest BCUT2D eigenvalue weighted by molar-refractivity contribution is 1.19. The van der Waals surface area contributed by atoms with Crippen molar-refractivity contribution in [2.24, 2.45) is 4.36 Å². The number of rotatable bonds is 1. The number of aromatic nitrogens is 1. The van der Waals surface area contributed by atoms with Gasteiger partial charge >= 0.3 is 0 Å². The molecule has 0 amide bonds. The molecule has 58 valence electrons. The Balaban J connectivity index is 3.40. The van der Waals surface area contributed by atoms with Crippen molar-refractivity contribution in [3.63, 3.8) is 0 Å². The molecule has 0 radical (unpaired) electrons. The molecule has 0 saturated heterocycles. The third-order valence-electron chi connectivity index (χ3n) is 1.33. The van der Waals surface area contributed by atoms with E-state index in [-0.39, 0.29) is 0 Å². The summed E-state index contributed by atoms with van der Waals surface area (Å²) < 4.78 is 4.33. The Bertz CT molecular complexity index is 300. The van der Waals surface area contributed by atoms with Crippen molar-refractivity contribution < 1.29 is 0 Å². The second kappa shape index (κ2) is 3.23. The maximum atomic E-state index is 5.64. The lowest BCUT2D eigenvalue weighted by Gasteiger charge is -2.02. The fraction of sp³-hybridized carbons (Fsp3) is 0.167. The first-order valence-electron chi connectivity index (χ1n) is 2.90. The summed E-state index contributed by atoms with van der Waals surface area (Å²) in [7, 11) is 0. The predicted octanol–water partition coefficient (Wildman–Crippen LogP) is 2.10. The molecule has 0 unspecified atom stereocenters. The van der Waals surface area contributed by atoms with Crippen LogP contribution in [0.15, 0.2) is 15.0 Å². The molecule has 0 bridgehead atoms. The van der Waals surface area contributed by atoms with E-state index in [0.29, 0.717) is 11.4 Å². The average Bonchev–Trinajstić information content (AvgIpc) is 1.99. The van der Waals surface area contributed by atoms with Crippen molar-refractivity contribution in [3.8, 4) is 0 Å². The van der Waals surface area contributed by atoms with E-state index in [1.54, 1.807) is 6.20 Å². The van der Waals surface area contributed by atoms with Gasteiger partial charge in [-0.3, -0.25) is 4.98 Å². The van der Waals surface area contributed by atoms with Gasteiger partial charge in [0, 0.05) is 18.6 Å². The first-order chi connectivity index (χ1) is 5.16. The van der Waals surface area contributed by atoms with Gasteiger partial charge in [-0.25, -0.2) is 0 Å². The zero-order valence-corrected chi connectivity index (χ0v) is 8.24. The molecule has 1 aromatic heterocycles. The van der Waals surface area contributed by atoms with Gasteiger partial charge in [-0.2, -0.15) is 4.36 Å². The summed E-state index contributed by atoms with van der Waals surface area (Å²) in [6.45, 7) is 1.81. The minimum atomic E-state index is 0.536. The zero-order chi connectivity index (χ0) is 8.43. The van der Waals surface area contributed by atoms with Crippen molar-refractivity contribution in [1.82, 2.24) is 4.98 Å². The van der Waals surface area contributed by atoms with Gasteiger partial charge in [-0.05, 0) is 22.9 Å². The largest absolute Gasteiger partial charge is 0.395 e. The molecule has 1 aromatic rings. The SMILES string of the molecule is Cc1ncc(Br)c(N=S)c1N. The van der Waals surface area contributed by atoms with Gasteiger partial charge in [0.25, 0.3) is 0 Å². The molecule has 0 saturated carbocycles. The molecule has 0 spiro atoms. The zero-order valence-electron chi connectivity index (χ0n) is 5.84. The Kier molecular flexibility index (Phi) is 2.51. The van der Waals surface area contributed by atoms with Crippen LogP contribution in [0.2, 0.25) is 0 Å². The highest BCUT2D eigenvalue weighted by molar-refractivity contribution is 9.10. The van der Waals surface area contributed by atoms with Gasteiger partial charge in [0.15, 0.2) is 0 Å².